The molecule has 1 aliphatic carbocycles. The Labute approximate surface area is 115 Å². The predicted octanol–water partition coefficient (Wildman–Crippen LogP) is 3.60. The third-order valence-electron chi connectivity index (χ3n) is 4.60. The second-order valence-electron chi connectivity index (χ2n) is 6.03. The highest BCUT2D eigenvalue weighted by Crippen LogP contribution is 2.45. The van der Waals surface area contributed by atoms with Gasteiger partial charge in [-0.3, -0.25) is 0 Å². The summed E-state index contributed by atoms with van der Waals surface area (Å²) < 4.78 is 0. The molecule has 2 nitrogen and oxygen atoms in total. The Morgan fingerprint density at radius 2 is 2.22 bits per heavy atom. The summed E-state index contributed by atoms with van der Waals surface area (Å²) in [6, 6.07) is 2.09. The number of thiophene rings is 1. The lowest BCUT2D eigenvalue weighted by atomic mass is 9.71. The number of aliphatic hydroxyl groups excluding tert-OH is 1. The Bertz CT molecular complexity index is 401. The number of rotatable bonds is 3. The maximum absolute atomic E-state index is 10.9. The van der Waals surface area contributed by atoms with Gasteiger partial charge in [0.15, 0.2) is 0 Å². The SMILES string of the molecule is Cc1sccc1C(O)C1(N(C)C)CCCC(C)C1. The van der Waals surface area contributed by atoms with Crippen LogP contribution in [0.3, 0.4) is 0 Å². The molecule has 1 aromatic heterocycles. The Morgan fingerprint density at radius 1 is 1.50 bits per heavy atom. The molecule has 3 atom stereocenters. The van der Waals surface area contributed by atoms with E-state index in [-0.39, 0.29) is 11.6 Å². The van der Waals surface area contributed by atoms with Crippen molar-refractivity contribution < 1.29 is 5.11 Å². The monoisotopic (exact) mass is 267 g/mol. The lowest BCUT2D eigenvalue weighted by Gasteiger charge is -2.48. The molecule has 0 bridgehead atoms. The zero-order chi connectivity index (χ0) is 13.3. The number of likely N-dealkylation sites (N-methyl/N-ethyl adjacent to an activating group) is 1. The van der Waals surface area contributed by atoms with Crippen molar-refractivity contribution in [2.24, 2.45) is 5.92 Å². The highest BCUT2D eigenvalue weighted by molar-refractivity contribution is 7.10. The first-order chi connectivity index (χ1) is 8.47. The molecule has 0 aromatic carbocycles. The van der Waals surface area contributed by atoms with E-state index in [9.17, 15) is 5.11 Å². The number of aliphatic hydroxyl groups is 1. The lowest BCUT2D eigenvalue weighted by molar-refractivity contribution is -0.0451. The zero-order valence-electron chi connectivity index (χ0n) is 11.9. The molecule has 1 aromatic rings. The summed E-state index contributed by atoms with van der Waals surface area (Å²) in [4.78, 5) is 3.51. The maximum Gasteiger partial charge on any atom is 0.0984 e. The molecule has 2 rings (SSSR count). The molecule has 102 valence electrons. The summed E-state index contributed by atoms with van der Waals surface area (Å²) in [6.45, 7) is 4.42. The van der Waals surface area contributed by atoms with Crippen LogP contribution in [-0.4, -0.2) is 29.6 Å². The normalized spacial score (nSPS) is 30.7. The van der Waals surface area contributed by atoms with Crippen molar-refractivity contribution in [1.82, 2.24) is 4.90 Å². The first-order valence-electron chi connectivity index (χ1n) is 6.87. The smallest absolute Gasteiger partial charge is 0.0984 e. The summed E-state index contributed by atoms with van der Waals surface area (Å²) >= 11 is 1.73. The zero-order valence-corrected chi connectivity index (χ0v) is 12.8. The van der Waals surface area contributed by atoms with Crippen molar-refractivity contribution in [2.75, 3.05) is 14.1 Å². The molecular weight excluding hydrogens is 242 g/mol. The molecule has 1 N–H and O–H groups in total. The lowest BCUT2D eigenvalue weighted by Crippen LogP contribution is -2.52. The molecule has 0 radical (unpaired) electrons. The molecule has 0 aliphatic heterocycles. The summed E-state index contributed by atoms with van der Waals surface area (Å²) in [5.41, 5.74) is 1.05. The van der Waals surface area contributed by atoms with E-state index < -0.39 is 0 Å². The maximum atomic E-state index is 10.9. The van der Waals surface area contributed by atoms with E-state index in [1.807, 2.05) is 0 Å². The molecule has 1 fully saturated rings. The summed E-state index contributed by atoms with van der Waals surface area (Å²) in [5, 5.41) is 13.0. The van der Waals surface area contributed by atoms with Crippen molar-refractivity contribution in [3.63, 3.8) is 0 Å². The number of hydrogen-bond acceptors (Lipinski definition) is 3. The molecular formula is C15H25NOS. The summed E-state index contributed by atoms with van der Waals surface area (Å²) in [5.74, 6) is 0.703. The van der Waals surface area contributed by atoms with Crippen molar-refractivity contribution in [3.8, 4) is 0 Å². The van der Waals surface area contributed by atoms with Crippen molar-refractivity contribution in [1.29, 1.82) is 0 Å². The van der Waals surface area contributed by atoms with Crippen molar-refractivity contribution >= 4 is 11.3 Å². The van der Waals surface area contributed by atoms with Crippen LogP contribution in [0.15, 0.2) is 11.4 Å². The van der Waals surface area contributed by atoms with Crippen LogP contribution in [0.5, 0.6) is 0 Å². The van der Waals surface area contributed by atoms with Crippen LogP contribution < -0.4 is 0 Å². The minimum absolute atomic E-state index is 0.0799. The molecule has 0 amide bonds. The van der Waals surface area contributed by atoms with Gasteiger partial charge in [0, 0.05) is 4.88 Å². The van der Waals surface area contributed by atoms with Gasteiger partial charge in [-0.2, -0.15) is 0 Å². The quantitative estimate of drug-likeness (QED) is 0.904. The van der Waals surface area contributed by atoms with Gasteiger partial charge in [0.25, 0.3) is 0 Å². The molecule has 0 spiro atoms. The van der Waals surface area contributed by atoms with Gasteiger partial charge >= 0.3 is 0 Å². The fourth-order valence-electron chi connectivity index (χ4n) is 3.43. The van der Waals surface area contributed by atoms with E-state index in [2.05, 4.69) is 44.3 Å². The van der Waals surface area contributed by atoms with Crippen LogP contribution >= 0.6 is 11.3 Å². The molecule has 3 heteroatoms. The fraction of sp³-hybridized carbons (Fsp3) is 0.733. The molecule has 1 aliphatic rings. The first-order valence-corrected chi connectivity index (χ1v) is 7.75. The highest BCUT2D eigenvalue weighted by atomic mass is 32.1. The van der Waals surface area contributed by atoms with Gasteiger partial charge in [0.2, 0.25) is 0 Å². The van der Waals surface area contributed by atoms with Crippen LogP contribution in [0.2, 0.25) is 0 Å². The molecule has 0 saturated heterocycles. The van der Waals surface area contributed by atoms with E-state index in [4.69, 9.17) is 0 Å². The van der Waals surface area contributed by atoms with Gasteiger partial charge < -0.3 is 10.0 Å². The van der Waals surface area contributed by atoms with E-state index in [0.717, 1.165) is 18.4 Å². The van der Waals surface area contributed by atoms with Crippen LogP contribution in [0.25, 0.3) is 0 Å². The highest BCUT2D eigenvalue weighted by Gasteiger charge is 2.44. The van der Waals surface area contributed by atoms with Crippen molar-refractivity contribution in [2.45, 2.75) is 51.2 Å². The minimum Gasteiger partial charge on any atom is -0.386 e. The van der Waals surface area contributed by atoms with Crippen LogP contribution in [0.4, 0.5) is 0 Å². The van der Waals surface area contributed by atoms with Gasteiger partial charge in [0.1, 0.15) is 0 Å². The molecule has 1 saturated carbocycles. The third kappa shape index (κ3) is 2.36. The van der Waals surface area contributed by atoms with Gasteiger partial charge in [0.05, 0.1) is 11.6 Å². The predicted molar refractivity (Wildman–Crippen MR) is 78.1 cm³/mol. The van der Waals surface area contributed by atoms with E-state index in [1.165, 1.54) is 17.7 Å². The van der Waals surface area contributed by atoms with E-state index in [0.29, 0.717) is 5.92 Å². The largest absolute Gasteiger partial charge is 0.386 e. The standard InChI is InChI=1S/C15H25NOS/c1-11-6-5-8-15(10-11,16(3)4)14(17)13-7-9-18-12(13)2/h7,9,11,14,17H,5-6,8,10H2,1-4H3. The van der Waals surface area contributed by atoms with Crippen LogP contribution in [-0.2, 0) is 0 Å². The molecule has 18 heavy (non-hydrogen) atoms. The van der Waals surface area contributed by atoms with Gasteiger partial charge in [-0.05, 0) is 56.8 Å². The number of nitrogens with zero attached hydrogens (tertiary/aromatic N) is 1. The van der Waals surface area contributed by atoms with Gasteiger partial charge in [-0.25, -0.2) is 0 Å². The third-order valence-corrected chi connectivity index (χ3v) is 5.46. The van der Waals surface area contributed by atoms with Gasteiger partial charge in [-0.1, -0.05) is 19.8 Å². The topological polar surface area (TPSA) is 23.5 Å². The summed E-state index contributed by atoms with van der Waals surface area (Å²) in [7, 11) is 4.23. The average molecular weight is 267 g/mol. The number of aryl methyl sites for hydroxylation is 1. The van der Waals surface area contributed by atoms with E-state index in [1.54, 1.807) is 11.3 Å². The Kier molecular flexibility index (Phi) is 4.15. The summed E-state index contributed by atoms with van der Waals surface area (Å²) in [6.07, 6.45) is 4.35. The average Bonchev–Trinajstić information content (AvgIpc) is 2.74. The minimum atomic E-state index is -0.360. The fourth-order valence-corrected chi connectivity index (χ4v) is 4.17. The molecule has 3 unspecified atom stereocenters. The Hall–Kier alpha value is -0.380. The first kappa shape index (κ1) is 14.0. The Morgan fingerprint density at radius 3 is 2.72 bits per heavy atom. The van der Waals surface area contributed by atoms with Crippen LogP contribution in [0.1, 0.15) is 49.2 Å². The second-order valence-corrected chi connectivity index (χ2v) is 7.15. The van der Waals surface area contributed by atoms with E-state index >= 15 is 0 Å². The Balaban J connectivity index is 2.33. The van der Waals surface area contributed by atoms with Crippen LogP contribution in [0, 0.1) is 12.8 Å². The second kappa shape index (κ2) is 5.32. The van der Waals surface area contributed by atoms with Crippen molar-refractivity contribution in [3.05, 3.63) is 21.9 Å². The molecule has 1 heterocycles. The van der Waals surface area contributed by atoms with Gasteiger partial charge in [-0.15, -0.1) is 11.3 Å². The number of hydrogen-bond donors (Lipinski definition) is 1.